The number of benzene rings is 2. The zero-order valence-electron chi connectivity index (χ0n) is 13.6. The van der Waals surface area contributed by atoms with Gasteiger partial charge in [-0.15, -0.1) is 0 Å². The molecule has 1 saturated carbocycles. The summed E-state index contributed by atoms with van der Waals surface area (Å²) in [5.41, 5.74) is 1.87. The second-order valence-corrected chi connectivity index (χ2v) is 7.46. The number of carbonyl (C=O) groups is 1. The van der Waals surface area contributed by atoms with Crippen molar-refractivity contribution >= 4 is 5.91 Å². The molecule has 0 spiro atoms. The summed E-state index contributed by atoms with van der Waals surface area (Å²) >= 11 is 0. The molecule has 3 aliphatic rings. The van der Waals surface area contributed by atoms with E-state index in [0.29, 0.717) is 11.8 Å². The molecule has 1 amide bonds. The molecule has 2 fully saturated rings. The third-order valence-electron chi connectivity index (χ3n) is 6.25. The molecule has 2 atom stereocenters. The van der Waals surface area contributed by atoms with Crippen molar-refractivity contribution in [1.29, 1.82) is 0 Å². The lowest BCUT2D eigenvalue weighted by Crippen LogP contribution is -2.46. The fourth-order valence-electron chi connectivity index (χ4n) is 5.07. The van der Waals surface area contributed by atoms with Crippen LogP contribution in [-0.2, 0) is 10.4 Å². The maximum absolute atomic E-state index is 13.4. The molecule has 2 aromatic carbocycles. The minimum absolute atomic E-state index is 0.144. The van der Waals surface area contributed by atoms with E-state index >= 15 is 0 Å². The fraction of sp³-hybridized carbons (Fsp3) is 0.381. The number of aliphatic hydroxyl groups is 1. The van der Waals surface area contributed by atoms with Crippen molar-refractivity contribution in [3.8, 4) is 11.1 Å². The van der Waals surface area contributed by atoms with Crippen LogP contribution in [0.25, 0.3) is 11.1 Å². The van der Waals surface area contributed by atoms with Crippen molar-refractivity contribution in [3.63, 3.8) is 0 Å². The Bertz CT molecular complexity index is 771. The number of likely N-dealkylation sites (tertiary alicyclic amines) is 1. The van der Waals surface area contributed by atoms with Crippen LogP contribution < -0.4 is 0 Å². The van der Waals surface area contributed by atoms with Crippen LogP contribution in [0.15, 0.2) is 48.5 Å². The monoisotopic (exact) mass is 319 g/mol. The standard InChI is InChI=1S/C21H21NO2/c23-20(22-12-14-6-5-7-15(14)13-22)21(24)18-10-3-1-8-16(18)17-9-2-4-11-19(17)21/h1-4,8-11,14-15,24H,5-7,12-13H2. The SMILES string of the molecule is O=C(N1CC2CCCC2C1)C1(O)c2ccccc2-c2ccccc21. The van der Waals surface area contributed by atoms with Gasteiger partial charge in [0.1, 0.15) is 0 Å². The minimum Gasteiger partial charge on any atom is -0.372 e. The summed E-state index contributed by atoms with van der Waals surface area (Å²) in [6.07, 6.45) is 3.73. The highest BCUT2D eigenvalue weighted by Crippen LogP contribution is 2.49. The summed E-state index contributed by atoms with van der Waals surface area (Å²) < 4.78 is 0. The third kappa shape index (κ3) is 1.73. The maximum atomic E-state index is 13.4. The zero-order chi connectivity index (χ0) is 16.3. The lowest BCUT2D eigenvalue weighted by atomic mass is 9.90. The number of nitrogens with zero attached hydrogens (tertiary/aromatic N) is 1. The van der Waals surface area contributed by atoms with Crippen molar-refractivity contribution in [1.82, 2.24) is 4.90 Å². The molecule has 0 radical (unpaired) electrons. The van der Waals surface area contributed by atoms with Crippen LogP contribution in [0.5, 0.6) is 0 Å². The highest BCUT2D eigenvalue weighted by atomic mass is 16.3. The molecule has 0 bridgehead atoms. The van der Waals surface area contributed by atoms with Crippen molar-refractivity contribution < 1.29 is 9.90 Å². The Morgan fingerprint density at radius 2 is 1.42 bits per heavy atom. The van der Waals surface area contributed by atoms with E-state index in [0.717, 1.165) is 35.3 Å². The van der Waals surface area contributed by atoms with Crippen LogP contribution in [-0.4, -0.2) is 29.0 Å². The molecule has 1 N–H and O–H groups in total. The van der Waals surface area contributed by atoms with E-state index in [1.807, 2.05) is 53.4 Å². The van der Waals surface area contributed by atoms with Gasteiger partial charge in [-0.2, -0.15) is 0 Å². The molecule has 24 heavy (non-hydrogen) atoms. The van der Waals surface area contributed by atoms with Crippen LogP contribution in [0.2, 0.25) is 0 Å². The predicted molar refractivity (Wildman–Crippen MR) is 92.3 cm³/mol. The van der Waals surface area contributed by atoms with Crippen LogP contribution in [0.1, 0.15) is 30.4 Å². The van der Waals surface area contributed by atoms with Gasteiger partial charge in [0.2, 0.25) is 0 Å². The van der Waals surface area contributed by atoms with E-state index in [2.05, 4.69) is 0 Å². The highest BCUT2D eigenvalue weighted by molar-refractivity contribution is 5.98. The molecule has 2 unspecified atom stereocenters. The minimum atomic E-state index is -1.54. The molecular formula is C21H21NO2. The van der Waals surface area contributed by atoms with Gasteiger partial charge in [-0.05, 0) is 35.8 Å². The summed E-state index contributed by atoms with van der Waals surface area (Å²) in [7, 11) is 0. The van der Waals surface area contributed by atoms with E-state index in [1.165, 1.54) is 19.3 Å². The first-order valence-electron chi connectivity index (χ1n) is 8.90. The van der Waals surface area contributed by atoms with Crippen molar-refractivity contribution in [2.45, 2.75) is 24.9 Å². The number of fused-ring (bicyclic) bond motifs is 4. The largest absolute Gasteiger partial charge is 0.372 e. The van der Waals surface area contributed by atoms with E-state index in [1.54, 1.807) is 0 Å². The second-order valence-electron chi connectivity index (χ2n) is 7.46. The fourth-order valence-corrected chi connectivity index (χ4v) is 5.07. The Morgan fingerprint density at radius 3 is 1.96 bits per heavy atom. The Kier molecular flexibility index (Phi) is 2.93. The van der Waals surface area contributed by atoms with Gasteiger partial charge in [0.25, 0.3) is 5.91 Å². The molecule has 2 aliphatic carbocycles. The molecule has 1 heterocycles. The molecule has 1 saturated heterocycles. The molecule has 0 aromatic heterocycles. The van der Waals surface area contributed by atoms with E-state index in [4.69, 9.17) is 0 Å². The van der Waals surface area contributed by atoms with Crippen LogP contribution in [0, 0.1) is 11.8 Å². The van der Waals surface area contributed by atoms with Crippen molar-refractivity contribution in [2.75, 3.05) is 13.1 Å². The summed E-state index contributed by atoms with van der Waals surface area (Å²) in [6, 6.07) is 15.5. The van der Waals surface area contributed by atoms with Crippen molar-refractivity contribution in [3.05, 3.63) is 59.7 Å². The van der Waals surface area contributed by atoms with Crippen LogP contribution in [0.3, 0.4) is 0 Å². The first-order valence-corrected chi connectivity index (χ1v) is 8.90. The van der Waals surface area contributed by atoms with E-state index in [-0.39, 0.29) is 5.91 Å². The Hall–Kier alpha value is -2.13. The van der Waals surface area contributed by atoms with E-state index < -0.39 is 5.60 Å². The first kappa shape index (κ1) is 14.2. The first-order chi connectivity index (χ1) is 11.7. The molecule has 3 nitrogen and oxygen atoms in total. The molecule has 122 valence electrons. The number of amides is 1. The number of hydrogen-bond acceptors (Lipinski definition) is 2. The lowest BCUT2D eigenvalue weighted by Gasteiger charge is -2.30. The van der Waals surface area contributed by atoms with Gasteiger partial charge in [0.15, 0.2) is 5.60 Å². The Morgan fingerprint density at radius 1 is 0.917 bits per heavy atom. The Labute approximate surface area is 141 Å². The summed E-state index contributed by atoms with van der Waals surface area (Å²) in [6.45, 7) is 1.60. The smallest absolute Gasteiger partial charge is 0.264 e. The van der Waals surface area contributed by atoms with Gasteiger partial charge >= 0.3 is 0 Å². The summed E-state index contributed by atoms with van der Waals surface area (Å²) in [5, 5.41) is 11.6. The molecule has 1 aliphatic heterocycles. The summed E-state index contributed by atoms with van der Waals surface area (Å²) in [4.78, 5) is 15.3. The number of hydrogen-bond donors (Lipinski definition) is 1. The number of carbonyl (C=O) groups excluding carboxylic acids is 1. The van der Waals surface area contributed by atoms with Gasteiger partial charge in [-0.1, -0.05) is 55.0 Å². The second kappa shape index (κ2) is 4.93. The van der Waals surface area contributed by atoms with Gasteiger partial charge in [-0.25, -0.2) is 0 Å². The van der Waals surface area contributed by atoms with Crippen molar-refractivity contribution in [2.24, 2.45) is 11.8 Å². The summed E-state index contributed by atoms with van der Waals surface area (Å²) in [5.74, 6) is 1.11. The molecular weight excluding hydrogens is 298 g/mol. The van der Waals surface area contributed by atoms with Gasteiger partial charge < -0.3 is 10.0 Å². The quantitative estimate of drug-likeness (QED) is 0.877. The topological polar surface area (TPSA) is 40.5 Å². The molecule has 3 heteroatoms. The van der Waals surface area contributed by atoms with Crippen LogP contribution >= 0.6 is 0 Å². The third-order valence-corrected chi connectivity index (χ3v) is 6.25. The van der Waals surface area contributed by atoms with E-state index in [9.17, 15) is 9.90 Å². The van der Waals surface area contributed by atoms with Gasteiger partial charge in [-0.3, -0.25) is 4.79 Å². The predicted octanol–water partition coefficient (Wildman–Crippen LogP) is 3.16. The number of rotatable bonds is 1. The lowest BCUT2D eigenvalue weighted by molar-refractivity contribution is -0.147. The van der Waals surface area contributed by atoms with Crippen LogP contribution in [0.4, 0.5) is 0 Å². The maximum Gasteiger partial charge on any atom is 0.264 e. The van der Waals surface area contributed by atoms with Gasteiger partial charge in [0, 0.05) is 24.2 Å². The molecule has 2 aromatic rings. The average Bonchev–Trinajstić information content (AvgIpc) is 3.28. The highest BCUT2D eigenvalue weighted by Gasteiger charge is 2.51. The molecule has 5 rings (SSSR count). The zero-order valence-corrected chi connectivity index (χ0v) is 13.6. The average molecular weight is 319 g/mol. The normalized spacial score (nSPS) is 26.1. The van der Waals surface area contributed by atoms with Gasteiger partial charge in [0.05, 0.1) is 0 Å². The Balaban J connectivity index is 1.60.